The van der Waals surface area contributed by atoms with Crippen molar-refractivity contribution in [3.63, 3.8) is 0 Å². The van der Waals surface area contributed by atoms with Crippen molar-refractivity contribution in [2.45, 2.75) is 270 Å². The van der Waals surface area contributed by atoms with Crippen LogP contribution in [0.4, 0.5) is 0 Å². The molecule has 0 heterocycles. The molecule has 0 radical (unpaired) electrons. The number of unbranched alkanes of at least 4 members (excludes halogenated alkanes) is 32. The van der Waals surface area contributed by atoms with Crippen LogP contribution in [0.5, 0.6) is 0 Å². The summed E-state index contributed by atoms with van der Waals surface area (Å²) in [5.74, 6) is -0.146. The Balaban J connectivity index is 4.23. The molecule has 0 aliphatic carbocycles. The maximum atomic E-state index is 13.0. The number of quaternary nitrogens is 1. The van der Waals surface area contributed by atoms with Gasteiger partial charge in [0.2, 0.25) is 5.91 Å². The Morgan fingerprint density at radius 2 is 0.919 bits per heavy atom. The minimum atomic E-state index is -4.32. The molecule has 3 unspecified atom stereocenters. The van der Waals surface area contributed by atoms with E-state index in [0.717, 1.165) is 44.9 Å². The molecule has 0 rings (SSSR count). The Hall–Kier alpha value is -1.02. The van der Waals surface area contributed by atoms with E-state index in [1.807, 2.05) is 21.1 Å². The van der Waals surface area contributed by atoms with Crippen molar-refractivity contribution in [2.75, 3.05) is 40.9 Å². The third-order valence-electron chi connectivity index (χ3n) is 12.2. The van der Waals surface area contributed by atoms with Crippen LogP contribution in [-0.4, -0.2) is 73.4 Å². The van der Waals surface area contributed by atoms with Gasteiger partial charge in [0.25, 0.3) is 0 Å². The van der Waals surface area contributed by atoms with Crippen molar-refractivity contribution in [3.05, 3.63) is 24.3 Å². The monoisotopic (exact) mass is 898 g/mol. The van der Waals surface area contributed by atoms with Gasteiger partial charge >= 0.3 is 7.82 Å². The molecule has 8 nitrogen and oxygen atoms in total. The first kappa shape index (κ1) is 61.0. The number of allylic oxidation sites excluding steroid dienone is 4. The molecule has 0 aromatic carbocycles. The average Bonchev–Trinajstić information content (AvgIpc) is 3.23. The number of phosphoric acid groups is 1. The Bertz CT molecular complexity index is 1060. The first-order valence-electron chi connectivity index (χ1n) is 26.7. The maximum Gasteiger partial charge on any atom is 0.472 e. The predicted octanol–water partition coefficient (Wildman–Crippen LogP) is 15.6. The molecule has 0 aromatic rings. The Kier molecular flexibility index (Phi) is 44.4. The number of hydrogen-bond acceptors (Lipinski definition) is 5. The number of aliphatic hydroxyl groups is 1. The second-order valence-electron chi connectivity index (χ2n) is 19.6. The van der Waals surface area contributed by atoms with Gasteiger partial charge < -0.3 is 19.8 Å². The standard InChI is InChI=1S/C53H105N2O6P/c1-6-8-10-12-14-16-18-20-22-24-26-27-29-30-32-34-36-38-40-42-44-46-52(56)51(50-61-62(58,59)60-49-48-55(3,4)5)54-53(57)47-45-43-41-39-37-35-33-31-28-25-23-21-19-17-15-13-11-9-7-2/h15,17,21,23,51-52,56H,6-14,16,18-20,22,24-50H2,1-5H3,(H-,54,57,58,59)/p+1/b17-15-,23-21-. The molecule has 0 aliphatic rings. The van der Waals surface area contributed by atoms with Crippen molar-refractivity contribution in [3.8, 4) is 0 Å². The third-order valence-corrected chi connectivity index (χ3v) is 13.2. The largest absolute Gasteiger partial charge is 0.472 e. The number of aliphatic hydroxyl groups excluding tert-OH is 1. The van der Waals surface area contributed by atoms with E-state index < -0.39 is 20.0 Å². The molecular formula is C53H106N2O6P+. The maximum absolute atomic E-state index is 13.0. The van der Waals surface area contributed by atoms with Gasteiger partial charge in [0, 0.05) is 6.42 Å². The van der Waals surface area contributed by atoms with Gasteiger partial charge in [0.15, 0.2) is 0 Å². The summed E-state index contributed by atoms with van der Waals surface area (Å²) >= 11 is 0. The molecule has 1 amide bonds. The van der Waals surface area contributed by atoms with Crippen molar-refractivity contribution >= 4 is 13.7 Å². The highest BCUT2D eigenvalue weighted by atomic mass is 31.2. The minimum Gasteiger partial charge on any atom is -0.391 e. The lowest BCUT2D eigenvalue weighted by Gasteiger charge is -2.26. The van der Waals surface area contributed by atoms with E-state index in [-0.39, 0.29) is 19.1 Å². The molecular weight excluding hydrogens is 792 g/mol. The topological polar surface area (TPSA) is 105 Å². The van der Waals surface area contributed by atoms with Gasteiger partial charge in [-0.25, -0.2) is 4.57 Å². The molecule has 368 valence electrons. The van der Waals surface area contributed by atoms with Crippen LogP contribution in [0.25, 0.3) is 0 Å². The number of carbonyl (C=O) groups excluding carboxylic acids is 1. The number of phosphoric ester groups is 1. The number of nitrogens with zero attached hydrogens (tertiary/aromatic N) is 1. The van der Waals surface area contributed by atoms with E-state index >= 15 is 0 Å². The van der Waals surface area contributed by atoms with Crippen molar-refractivity contribution < 1.29 is 32.9 Å². The Morgan fingerprint density at radius 1 is 0.548 bits per heavy atom. The molecule has 0 saturated heterocycles. The normalized spacial score (nSPS) is 14.2. The first-order chi connectivity index (χ1) is 30.0. The zero-order valence-corrected chi connectivity index (χ0v) is 42.8. The van der Waals surface area contributed by atoms with E-state index in [2.05, 4.69) is 43.5 Å². The summed E-state index contributed by atoms with van der Waals surface area (Å²) in [6.45, 7) is 4.89. The van der Waals surface area contributed by atoms with Crippen LogP contribution in [0.2, 0.25) is 0 Å². The number of carbonyl (C=O) groups is 1. The summed E-state index contributed by atoms with van der Waals surface area (Å²) < 4.78 is 23.7. The van der Waals surface area contributed by atoms with Crippen molar-refractivity contribution in [1.82, 2.24) is 5.32 Å². The van der Waals surface area contributed by atoms with Gasteiger partial charge in [-0.15, -0.1) is 0 Å². The summed E-state index contributed by atoms with van der Waals surface area (Å²) in [7, 11) is 1.62. The van der Waals surface area contributed by atoms with E-state index in [4.69, 9.17) is 9.05 Å². The lowest BCUT2D eigenvalue weighted by atomic mass is 10.0. The fourth-order valence-corrected chi connectivity index (χ4v) is 8.70. The quantitative estimate of drug-likeness (QED) is 0.0243. The van der Waals surface area contributed by atoms with E-state index in [9.17, 15) is 19.4 Å². The predicted molar refractivity (Wildman–Crippen MR) is 268 cm³/mol. The van der Waals surface area contributed by atoms with Crippen molar-refractivity contribution in [2.24, 2.45) is 0 Å². The van der Waals surface area contributed by atoms with E-state index in [1.54, 1.807) is 0 Å². The van der Waals surface area contributed by atoms with Crippen LogP contribution in [0, 0.1) is 0 Å². The molecule has 3 atom stereocenters. The molecule has 0 fully saturated rings. The number of likely N-dealkylation sites (N-methyl/N-ethyl adjacent to an activating group) is 1. The van der Waals surface area contributed by atoms with Gasteiger partial charge in [0.1, 0.15) is 13.2 Å². The van der Waals surface area contributed by atoms with Crippen LogP contribution in [-0.2, 0) is 18.4 Å². The minimum absolute atomic E-state index is 0.0749. The summed E-state index contributed by atoms with van der Waals surface area (Å²) in [6, 6.07) is -0.761. The second-order valence-corrected chi connectivity index (χ2v) is 21.1. The summed E-state index contributed by atoms with van der Waals surface area (Å²) in [5, 5.41) is 14.0. The SMILES string of the molecule is CCCCC/C=C\C/C=C\CCCCCCCCCCCC(=O)NC(COP(=O)(O)OCC[N+](C)(C)C)C(O)CCCCCCCCCCCCCCCCCCCCCCC. The zero-order chi connectivity index (χ0) is 45.7. The molecule has 0 spiro atoms. The Morgan fingerprint density at radius 3 is 1.35 bits per heavy atom. The first-order valence-corrected chi connectivity index (χ1v) is 28.2. The highest BCUT2D eigenvalue weighted by Crippen LogP contribution is 2.43. The van der Waals surface area contributed by atoms with Gasteiger partial charge in [-0.2, -0.15) is 0 Å². The fraction of sp³-hybridized carbons (Fsp3) is 0.906. The summed E-state index contributed by atoms with van der Waals surface area (Å²) in [5.41, 5.74) is 0. The zero-order valence-electron chi connectivity index (χ0n) is 41.9. The third kappa shape index (κ3) is 47.0. The molecule has 9 heteroatoms. The van der Waals surface area contributed by atoms with Crippen LogP contribution in [0.1, 0.15) is 258 Å². The molecule has 0 aliphatic heterocycles. The molecule has 0 bridgehead atoms. The van der Waals surface area contributed by atoms with Crippen LogP contribution in [0.15, 0.2) is 24.3 Å². The van der Waals surface area contributed by atoms with Gasteiger partial charge in [-0.1, -0.05) is 231 Å². The number of hydrogen-bond donors (Lipinski definition) is 3. The second kappa shape index (κ2) is 45.1. The number of rotatable bonds is 49. The highest BCUT2D eigenvalue weighted by Gasteiger charge is 2.28. The molecule has 62 heavy (non-hydrogen) atoms. The van der Waals surface area contributed by atoms with Gasteiger partial charge in [-0.3, -0.25) is 13.8 Å². The highest BCUT2D eigenvalue weighted by molar-refractivity contribution is 7.47. The number of nitrogens with one attached hydrogen (secondary N) is 1. The Labute approximate surface area is 385 Å². The van der Waals surface area contributed by atoms with Crippen molar-refractivity contribution in [1.29, 1.82) is 0 Å². The average molecular weight is 898 g/mol. The summed E-state index contributed by atoms with van der Waals surface area (Å²) in [6.07, 6.45) is 55.0. The van der Waals surface area contributed by atoms with Gasteiger partial charge in [-0.05, 0) is 44.9 Å². The molecule has 0 aromatic heterocycles. The lowest BCUT2D eigenvalue weighted by molar-refractivity contribution is -0.870. The van der Waals surface area contributed by atoms with Crippen LogP contribution in [0.3, 0.4) is 0 Å². The molecule has 0 saturated carbocycles. The van der Waals surface area contributed by atoms with E-state index in [0.29, 0.717) is 23.9 Å². The van der Waals surface area contributed by atoms with E-state index in [1.165, 1.54) is 186 Å². The number of amides is 1. The fourth-order valence-electron chi connectivity index (χ4n) is 7.96. The summed E-state index contributed by atoms with van der Waals surface area (Å²) in [4.78, 5) is 23.3. The lowest BCUT2D eigenvalue weighted by Crippen LogP contribution is -2.46. The van der Waals surface area contributed by atoms with Crippen LogP contribution < -0.4 is 5.32 Å². The molecule has 3 N–H and O–H groups in total. The smallest absolute Gasteiger partial charge is 0.391 e. The van der Waals surface area contributed by atoms with Gasteiger partial charge in [0.05, 0.1) is 39.9 Å². The van der Waals surface area contributed by atoms with Crippen LogP contribution >= 0.6 is 7.82 Å².